The van der Waals surface area contributed by atoms with E-state index in [0.29, 0.717) is 12.0 Å². The van der Waals surface area contributed by atoms with E-state index in [4.69, 9.17) is 9.84 Å². The quantitative estimate of drug-likeness (QED) is 0.360. The maximum Gasteiger partial charge on any atom is 0.511 e. The van der Waals surface area contributed by atoms with E-state index in [1.54, 1.807) is 12.1 Å². The van der Waals surface area contributed by atoms with Crippen LogP contribution in [-0.2, 0) is 11.2 Å². The number of carboxylic acid groups (broad SMARTS) is 1. The molecule has 1 aromatic rings. The third kappa shape index (κ3) is 7.31. The van der Waals surface area contributed by atoms with E-state index in [0.717, 1.165) is 32.5 Å². The number of hydrogen-bond acceptors (Lipinski definition) is 4. The van der Waals surface area contributed by atoms with Gasteiger partial charge in [-0.1, -0.05) is 38.3 Å². The summed E-state index contributed by atoms with van der Waals surface area (Å²) in [5.41, 5.74) is 0.696. The Kier molecular flexibility index (Phi) is 9.07. The van der Waals surface area contributed by atoms with Crippen molar-refractivity contribution in [2.75, 3.05) is 13.2 Å². The summed E-state index contributed by atoms with van der Waals surface area (Å²) in [6, 6.07) is 4.89. The smallest absolute Gasteiger partial charge is 0.504 e. The molecule has 0 fully saturated rings. The van der Waals surface area contributed by atoms with Gasteiger partial charge in [-0.3, -0.25) is 0 Å². The zero-order chi connectivity index (χ0) is 16.2. The first-order valence-electron chi connectivity index (χ1n) is 7.94. The van der Waals surface area contributed by atoms with Gasteiger partial charge < -0.3 is 19.7 Å². The lowest BCUT2D eigenvalue weighted by Gasteiger charge is -2.08. The first-order valence-corrected chi connectivity index (χ1v) is 7.94. The minimum Gasteiger partial charge on any atom is -0.504 e. The van der Waals surface area contributed by atoms with Gasteiger partial charge in [0.1, 0.15) is 0 Å². The van der Waals surface area contributed by atoms with Gasteiger partial charge in [-0.15, -0.1) is 0 Å². The fourth-order valence-electron chi connectivity index (χ4n) is 2.20. The van der Waals surface area contributed by atoms with Crippen LogP contribution in [0, 0.1) is 0 Å². The van der Waals surface area contributed by atoms with Gasteiger partial charge in [-0.05, 0) is 37.3 Å². The molecule has 2 N–H and O–H groups in total. The molecule has 1 aromatic carbocycles. The molecule has 0 aliphatic heterocycles. The van der Waals surface area contributed by atoms with Gasteiger partial charge in [0.05, 0.1) is 0 Å². The fourth-order valence-corrected chi connectivity index (χ4v) is 2.20. The Balaban J connectivity index is 2.21. The average Bonchev–Trinajstić information content (AvgIpc) is 2.48. The molecule has 124 valence electrons. The highest BCUT2D eigenvalue weighted by Gasteiger charge is 2.10. The normalized spacial score (nSPS) is 10.6. The monoisotopic (exact) mass is 310 g/mol. The summed E-state index contributed by atoms with van der Waals surface area (Å²) < 4.78 is 10.1. The molecule has 0 saturated carbocycles. The molecule has 0 radical (unpaired) electrons. The lowest BCUT2D eigenvalue weighted by molar-refractivity contribution is 0.126. The topological polar surface area (TPSA) is 76.0 Å². The third-order valence-corrected chi connectivity index (χ3v) is 3.41. The van der Waals surface area contributed by atoms with E-state index >= 15 is 0 Å². The Morgan fingerprint density at radius 2 is 1.82 bits per heavy atom. The van der Waals surface area contributed by atoms with Gasteiger partial charge >= 0.3 is 6.16 Å². The van der Waals surface area contributed by atoms with E-state index in [9.17, 15) is 9.90 Å². The molecular formula is C17H26O5. The molecule has 0 amide bonds. The highest BCUT2D eigenvalue weighted by Crippen LogP contribution is 2.30. The van der Waals surface area contributed by atoms with Crippen LogP contribution in [0.5, 0.6) is 11.5 Å². The predicted octanol–water partition coefficient (Wildman–Crippen LogP) is 4.37. The summed E-state index contributed by atoms with van der Waals surface area (Å²) >= 11 is 0. The van der Waals surface area contributed by atoms with Crippen LogP contribution in [0.15, 0.2) is 18.2 Å². The number of para-hydroxylation sites is 1. The largest absolute Gasteiger partial charge is 0.511 e. The van der Waals surface area contributed by atoms with Gasteiger partial charge in [0, 0.05) is 13.2 Å². The average molecular weight is 310 g/mol. The lowest BCUT2D eigenvalue weighted by Crippen LogP contribution is -2.04. The molecule has 0 heterocycles. The van der Waals surface area contributed by atoms with Crippen molar-refractivity contribution in [2.45, 2.75) is 51.9 Å². The van der Waals surface area contributed by atoms with Crippen LogP contribution >= 0.6 is 0 Å². The van der Waals surface area contributed by atoms with E-state index in [2.05, 4.69) is 11.7 Å². The summed E-state index contributed by atoms with van der Waals surface area (Å²) in [7, 11) is 0. The molecule has 0 saturated heterocycles. The van der Waals surface area contributed by atoms with Gasteiger partial charge in [0.2, 0.25) is 0 Å². The van der Waals surface area contributed by atoms with Gasteiger partial charge in [-0.25, -0.2) is 4.79 Å². The molecule has 0 aliphatic carbocycles. The van der Waals surface area contributed by atoms with E-state index in [-0.39, 0.29) is 11.5 Å². The molecule has 0 bridgehead atoms. The first-order chi connectivity index (χ1) is 10.6. The van der Waals surface area contributed by atoms with Crippen molar-refractivity contribution >= 4 is 6.16 Å². The summed E-state index contributed by atoms with van der Waals surface area (Å²) in [4.78, 5) is 10.5. The number of aromatic hydroxyl groups is 1. The molecule has 0 aliphatic rings. The lowest BCUT2D eigenvalue weighted by atomic mass is 10.1. The number of phenolic OH excluding ortho intramolecular Hbond substituents is 1. The summed E-state index contributed by atoms with van der Waals surface area (Å²) in [5.74, 6) is -0.109. The minimum atomic E-state index is -1.43. The maximum atomic E-state index is 10.5. The van der Waals surface area contributed by atoms with Crippen LogP contribution in [0.4, 0.5) is 4.79 Å². The summed E-state index contributed by atoms with van der Waals surface area (Å²) in [6.45, 7) is 3.72. The number of hydrogen-bond donors (Lipinski definition) is 2. The molecule has 22 heavy (non-hydrogen) atoms. The maximum absolute atomic E-state index is 10.5. The first kappa shape index (κ1) is 18.3. The Labute approximate surface area is 131 Å². The number of benzene rings is 1. The molecule has 5 nitrogen and oxygen atoms in total. The van der Waals surface area contributed by atoms with Crippen LogP contribution in [0.25, 0.3) is 0 Å². The second-order valence-electron chi connectivity index (χ2n) is 5.26. The third-order valence-electron chi connectivity index (χ3n) is 3.41. The molecule has 0 spiro atoms. The van der Waals surface area contributed by atoms with Gasteiger partial charge in [0.25, 0.3) is 0 Å². The van der Waals surface area contributed by atoms with Crippen LogP contribution in [0.3, 0.4) is 0 Å². The minimum absolute atomic E-state index is 0.0165. The zero-order valence-electron chi connectivity index (χ0n) is 13.2. The van der Waals surface area contributed by atoms with Crippen molar-refractivity contribution in [3.63, 3.8) is 0 Å². The summed E-state index contributed by atoms with van der Waals surface area (Å²) in [5, 5.41) is 18.5. The zero-order valence-corrected chi connectivity index (χ0v) is 13.2. The van der Waals surface area contributed by atoms with Crippen molar-refractivity contribution < 1.29 is 24.5 Å². The van der Waals surface area contributed by atoms with E-state index < -0.39 is 6.16 Å². The van der Waals surface area contributed by atoms with Crippen molar-refractivity contribution in [2.24, 2.45) is 0 Å². The molecule has 5 heteroatoms. The van der Waals surface area contributed by atoms with Crippen LogP contribution < -0.4 is 4.74 Å². The number of ether oxygens (including phenoxy) is 2. The predicted molar refractivity (Wildman–Crippen MR) is 84.7 cm³/mol. The van der Waals surface area contributed by atoms with Gasteiger partial charge in [0.15, 0.2) is 11.5 Å². The number of aryl methyl sites for hydroxylation is 1. The Morgan fingerprint density at radius 1 is 1.09 bits per heavy atom. The number of carbonyl (C=O) groups is 1. The Hall–Kier alpha value is -1.75. The molecule has 0 aromatic heterocycles. The van der Waals surface area contributed by atoms with Crippen molar-refractivity contribution in [1.82, 2.24) is 0 Å². The van der Waals surface area contributed by atoms with E-state index in [1.807, 2.05) is 0 Å². The number of rotatable bonds is 11. The molecule has 0 atom stereocenters. The molecule has 0 unspecified atom stereocenters. The highest BCUT2D eigenvalue weighted by atomic mass is 16.7. The van der Waals surface area contributed by atoms with Crippen LogP contribution in [0.1, 0.15) is 51.0 Å². The van der Waals surface area contributed by atoms with Crippen molar-refractivity contribution in [1.29, 1.82) is 0 Å². The number of unbranched alkanes of at least 4 members (excludes halogenated alkanes) is 4. The molecule has 1 rings (SSSR count). The fraction of sp³-hybridized carbons (Fsp3) is 0.588. The Bertz CT molecular complexity index is 445. The second-order valence-corrected chi connectivity index (χ2v) is 5.26. The van der Waals surface area contributed by atoms with Crippen LogP contribution in [-0.4, -0.2) is 29.6 Å². The standard InChI is InChI=1S/C17H26O5/c1-2-3-4-6-12-21-13-7-5-9-14-10-8-11-15(16(14)18)22-17(19)20/h8,10-11,18H,2-7,9,12-13H2,1H3,(H,19,20). The van der Waals surface area contributed by atoms with Crippen molar-refractivity contribution in [3.05, 3.63) is 23.8 Å². The summed E-state index contributed by atoms with van der Waals surface area (Å²) in [6.07, 6.45) is 5.86. The Morgan fingerprint density at radius 3 is 2.50 bits per heavy atom. The van der Waals surface area contributed by atoms with E-state index in [1.165, 1.54) is 25.3 Å². The number of phenols is 1. The molecular weight excluding hydrogens is 284 g/mol. The van der Waals surface area contributed by atoms with Gasteiger partial charge in [-0.2, -0.15) is 0 Å². The van der Waals surface area contributed by atoms with Crippen molar-refractivity contribution in [3.8, 4) is 11.5 Å². The van der Waals surface area contributed by atoms with Crippen LogP contribution in [0.2, 0.25) is 0 Å². The second kappa shape index (κ2) is 10.9. The highest BCUT2D eigenvalue weighted by molar-refractivity contribution is 5.63. The SMILES string of the molecule is CCCCCCOCCCCc1cccc(OC(=O)O)c1O.